The third-order valence-electron chi connectivity index (χ3n) is 12.1. The van der Waals surface area contributed by atoms with Gasteiger partial charge in [-0.25, -0.2) is 0 Å². The normalized spacial score (nSPS) is 48.0. The van der Waals surface area contributed by atoms with E-state index in [1.807, 2.05) is 26.8 Å². The molecule has 5 heteroatoms. The number of allylic oxidation sites excluding steroid dienone is 3. The molecule has 4 fully saturated rings. The van der Waals surface area contributed by atoms with Gasteiger partial charge < -0.3 is 9.84 Å². The van der Waals surface area contributed by atoms with Gasteiger partial charge in [0, 0.05) is 18.8 Å². The van der Waals surface area contributed by atoms with Crippen molar-refractivity contribution < 1.29 is 24.2 Å². The van der Waals surface area contributed by atoms with Crippen LogP contribution < -0.4 is 0 Å². The monoisotopic (exact) mass is 496 g/mol. The predicted octanol–water partition coefficient (Wildman–Crippen LogP) is 5.45. The number of aliphatic hydroxyl groups is 1. The Hall–Kier alpha value is -1.75. The van der Waals surface area contributed by atoms with E-state index in [2.05, 4.69) is 26.8 Å². The molecule has 0 heterocycles. The van der Waals surface area contributed by atoms with Crippen molar-refractivity contribution in [2.45, 2.75) is 99.2 Å². The molecular weight excluding hydrogens is 452 g/mol. The van der Waals surface area contributed by atoms with Crippen molar-refractivity contribution in [2.24, 2.45) is 51.2 Å². The summed E-state index contributed by atoms with van der Waals surface area (Å²) >= 11 is 0. The summed E-state index contributed by atoms with van der Waals surface area (Å²) in [6.07, 6.45) is 10.4. The third-order valence-corrected chi connectivity index (χ3v) is 12.1. The molecule has 11 atom stereocenters. The summed E-state index contributed by atoms with van der Waals surface area (Å²) in [5.41, 5.74) is 0.980. The number of esters is 1. The molecule has 0 aliphatic heterocycles. The quantitative estimate of drug-likeness (QED) is 0.404. The third kappa shape index (κ3) is 3.20. The van der Waals surface area contributed by atoms with Crippen LogP contribution in [0.5, 0.6) is 0 Å². The number of carbonyl (C=O) groups excluding carboxylic acids is 3. The van der Waals surface area contributed by atoms with Crippen molar-refractivity contribution in [1.29, 1.82) is 0 Å². The van der Waals surface area contributed by atoms with Crippen molar-refractivity contribution in [1.82, 2.24) is 0 Å². The van der Waals surface area contributed by atoms with Crippen LogP contribution in [0.2, 0.25) is 0 Å². The molecule has 0 aromatic heterocycles. The minimum absolute atomic E-state index is 0.0728. The fourth-order valence-corrected chi connectivity index (χ4v) is 10.5. The number of aliphatic hydroxyl groups excluding tert-OH is 1. The molecule has 0 saturated heterocycles. The molecule has 5 nitrogen and oxygen atoms in total. The molecule has 0 unspecified atom stereocenters. The van der Waals surface area contributed by atoms with Crippen molar-refractivity contribution in [2.75, 3.05) is 0 Å². The van der Waals surface area contributed by atoms with Crippen LogP contribution in [0.25, 0.3) is 0 Å². The van der Waals surface area contributed by atoms with Crippen molar-refractivity contribution in [3.05, 3.63) is 23.8 Å². The largest absolute Gasteiger partial charge is 0.462 e. The van der Waals surface area contributed by atoms with E-state index in [0.717, 1.165) is 44.1 Å². The van der Waals surface area contributed by atoms with Gasteiger partial charge in [-0.1, -0.05) is 39.3 Å². The maximum Gasteiger partial charge on any atom is 0.302 e. The van der Waals surface area contributed by atoms with Crippen LogP contribution in [-0.2, 0) is 19.1 Å². The van der Waals surface area contributed by atoms with E-state index in [-0.39, 0.29) is 63.1 Å². The van der Waals surface area contributed by atoms with Gasteiger partial charge in [-0.15, -0.1) is 0 Å². The summed E-state index contributed by atoms with van der Waals surface area (Å²) in [4.78, 5) is 37.6. The Kier molecular flexibility index (Phi) is 5.84. The average Bonchev–Trinajstić information content (AvgIpc) is 3.39. The van der Waals surface area contributed by atoms with Crippen molar-refractivity contribution in [3.63, 3.8) is 0 Å². The van der Waals surface area contributed by atoms with Gasteiger partial charge in [-0.3, -0.25) is 14.4 Å². The Balaban J connectivity index is 1.53. The highest BCUT2D eigenvalue weighted by atomic mass is 16.5. The first-order valence-corrected chi connectivity index (χ1v) is 14.0. The Morgan fingerprint density at radius 2 is 1.83 bits per heavy atom. The Bertz CT molecular complexity index is 1050. The highest BCUT2D eigenvalue weighted by Gasteiger charge is 2.81. The number of fused-ring (bicyclic) bond motifs is 2. The fourth-order valence-electron chi connectivity index (χ4n) is 10.5. The molecule has 36 heavy (non-hydrogen) atoms. The smallest absolute Gasteiger partial charge is 0.302 e. The fraction of sp³-hybridized carbons (Fsp3) is 0.774. The van der Waals surface area contributed by atoms with Crippen molar-refractivity contribution >= 4 is 17.5 Å². The summed E-state index contributed by atoms with van der Waals surface area (Å²) in [6.45, 7) is 14.0. The average molecular weight is 497 g/mol. The second kappa shape index (κ2) is 8.12. The summed E-state index contributed by atoms with van der Waals surface area (Å²) in [5.74, 6) is 0.306. The lowest BCUT2D eigenvalue weighted by Crippen LogP contribution is -2.56. The lowest BCUT2D eigenvalue weighted by atomic mass is 9.43. The van der Waals surface area contributed by atoms with Gasteiger partial charge in [0.2, 0.25) is 0 Å². The van der Waals surface area contributed by atoms with Gasteiger partial charge >= 0.3 is 5.97 Å². The van der Waals surface area contributed by atoms with E-state index in [0.29, 0.717) is 11.8 Å². The molecular formula is C31H44O5. The maximum absolute atomic E-state index is 12.9. The number of rotatable bonds is 5. The molecule has 0 amide bonds. The second-order valence-corrected chi connectivity index (χ2v) is 13.8. The van der Waals surface area contributed by atoms with E-state index >= 15 is 0 Å². The van der Waals surface area contributed by atoms with Gasteiger partial charge in [0.25, 0.3) is 0 Å². The van der Waals surface area contributed by atoms with Gasteiger partial charge in [0.05, 0.1) is 0 Å². The minimum atomic E-state index is -1.12. The highest BCUT2D eigenvalue weighted by molar-refractivity contribution is 5.94. The number of ketones is 2. The zero-order valence-corrected chi connectivity index (χ0v) is 23.1. The number of hydrogen-bond donors (Lipinski definition) is 1. The zero-order chi connectivity index (χ0) is 26.4. The van der Waals surface area contributed by atoms with Gasteiger partial charge in [-0.2, -0.15) is 0 Å². The van der Waals surface area contributed by atoms with E-state index in [1.165, 1.54) is 13.0 Å². The highest BCUT2D eigenvalue weighted by Crippen LogP contribution is 2.87. The summed E-state index contributed by atoms with van der Waals surface area (Å²) in [7, 11) is 0. The van der Waals surface area contributed by atoms with Crippen LogP contribution in [0.15, 0.2) is 23.8 Å². The summed E-state index contributed by atoms with van der Waals surface area (Å²) in [6, 6.07) is 0. The topological polar surface area (TPSA) is 80.7 Å². The second-order valence-electron chi connectivity index (χ2n) is 13.8. The molecule has 0 aromatic carbocycles. The number of hydrogen-bond acceptors (Lipinski definition) is 5. The van der Waals surface area contributed by atoms with Crippen LogP contribution in [0.1, 0.15) is 87.0 Å². The Labute approximate surface area is 216 Å². The van der Waals surface area contributed by atoms with E-state index in [4.69, 9.17) is 4.74 Å². The molecule has 0 aromatic rings. The van der Waals surface area contributed by atoms with E-state index in [1.54, 1.807) is 0 Å². The van der Waals surface area contributed by atoms with Crippen LogP contribution in [0, 0.1) is 51.2 Å². The lowest BCUT2D eigenvalue weighted by molar-refractivity contribution is -0.154. The van der Waals surface area contributed by atoms with Crippen LogP contribution in [-0.4, -0.2) is 34.9 Å². The molecule has 198 valence electrons. The number of ether oxygens (including phenoxy) is 1. The molecule has 1 N–H and O–H groups in total. The van der Waals surface area contributed by atoms with E-state index in [9.17, 15) is 19.5 Å². The molecule has 5 aliphatic carbocycles. The van der Waals surface area contributed by atoms with Crippen molar-refractivity contribution in [3.8, 4) is 0 Å². The SMILES string of the molecule is CC(=O)O[C@H]1C[C@@]2(C)[C@@H]3CC[C@H]4[C@H](C)C(=O)C=C[C@@]45C[C@@]35CC[C@]2(C)[C@H]1[C@H](C)[C@@H](O)C(=O)C=C(C)C. The van der Waals surface area contributed by atoms with Gasteiger partial charge in [0.1, 0.15) is 12.2 Å². The van der Waals surface area contributed by atoms with Crippen LogP contribution in [0.3, 0.4) is 0 Å². The molecule has 2 spiro atoms. The maximum atomic E-state index is 12.9. The predicted molar refractivity (Wildman–Crippen MR) is 138 cm³/mol. The molecule has 4 saturated carbocycles. The van der Waals surface area contributed by atoms with Crippen LogP contribution >= 0.6 is 0 Å². The molecule has 5 rings (SSSR count). The molecule has 0 radical (unpaired) electrons. The van der Waals surface area contributed by atoms with E-state index < -0.39 is 6.10 Å². The Morgan fingerprint density at radius 1 is 1.14 bits per heavy atom. The number of carbonyl (C=O) groups is 3. The van der Waals surface area contributed by atoms with Gasteiger partial charge in [-0.05, 0) is 104 Å². The summed E-state index contributed by atoms with van der Waals surface area (Å²) < 4.78 is 6.01. The first kappa shape index (κ1) is 25.9. The van der Waals surface area contributed by atoms with Gasteiger partial charge in [0.15, 0.2) is 11.6 Å². The first-order valence-electron chi connectivity index (χ1n) is 14.0. The zero-order valence-electron chi connectivity index (χ0n) is 23.1. The summed E-state index contributed by atoms with van der Waals surface area (Å²) in [5, 5.41) is 11.2. The Morgan fingerprint density at radius 3 is 2.47 bits per heavy atom. The van der Waals surface area contributed by atoms with Crippen LogP contribution in [0.4, 0.5) is 0 Å². The molecule has 5 aliphatic rings. The minimum Gasteiger partial charge on any atom is -0.462 e. The first-order chi connectivity index (χ1) is 16.7. The molecule has 0 bridgehead atoms. The standard InChI is InChI=1S/C31H44O5/c1-17(2)14-23(34)27(35)19(4)26-24(36-20(5)32)15-29(7)25-9-8-21-18(3)22(33)10-11-30(21)16-31(25,30)13-12-28(26,29)6/h10-11,14,18-19,21,24-27,35H,8-9,12-13,15-16H2,1-7H3/t18-,19-,21-,24-,25-,26-,27+,28+,29-,30+,31-/m0/s1. The lowest BCUT2D eigenvalue weighted by Gasteiger charge is -2.61.